The third-order valence-electron chi connectivity index (χ3n) is 2.31. The molecule has 0 heterocycles. The Labute approximate surface area is 126 Å². The van der Waals surface area contributed by atoms with Gasteiger partial charge in [0.05, 0.1) is 6.04 Å². The van der Waals surface area contributed by atoms with Crippen molar-refractivity contribution in [1.29, 1.82) is 0 Å². The van der Waals surface area contributed by atoms with Crippen LogP contribution < -0.4 is 11.1 Å². The van der Waals surface area contributed by atoms with Crippen molar-refractivity contribution in [1.82, 2.24) is 5.32 Å². The Morgan fingerprint density at radius 2 is 1.68 bits per heavy atom. The average molecular weight is 320 g/mol. The van der Waals surface area contributed by atoms with Crippen molar-refractivity contribution in [3.8, 4) is 0 Å². The summed E-state index contributed by atoms with van der Waals surface area (Å²) < 4.78 is 31.7. The predicted molar refractivity (Wildman–Crippen MR) is 75.1 cm³/mol. The normalized spacial score (nSPS) is 12.1. The molecule has 1 amide bonds. The van der Waals surface area contributed by atoms with Crippen molar-refractivity contribution in [3.63, 3.8) is 0 Å². The lowest BCUT2D eigenvalue weighted by Gasteiger charge is -2.14. The van der Waals surface area contributed by atoms with Gasteiger partial charge in [0.15, 0.2) is 0 Å². The number of aliphatic carboxylic acids is 1. The molecule has 4 N–H and O–H groups in total. The summed E-state index contributed by atoms with van der Waals surface area (Å²) in [7, 11) is 0. The second kappa shape index (κ2) is 9.04. The second-order valence-corrected chi connectivity index (χ2v) is 4.76. The molecule has 22 heavy (non-hydrogen) atoms. The van der Waals surface area contributed by atoms with Gasteiger partial charge in [-0.3, -0.25) is 4.79 Å². The van der Waals surface area contributed by atoms with Crippen LogP contribution in [0.25, 0.3) is 0 Å². The van der Waals surface area contributed by atoms with Crippen LogP contribution in [0.3, 0.4) is 0 Å². The van der Waals surface area contributed by atoms with Gasteiger partial charge in [0.1, 0.15) is 0 Å². The van der Waals surface area contributed by atoms with Crippen molar-refractivity contribution in [2.45, 2.75) is 38.5 Å². The molecule has 0 spiro atoms. The lowest BCUT2D eigenvalue weighted by atomic mass is 10.1. The van der Waals surface area contributed by atoms with Crippen molar-refractivity contribution in [2.75, 3.05) is 0 Å². The van der Waals surface area contributed by atoms with E-state index in [0.717, 1.165) is 5.56 Å². The molecule has 0 bridgehead atoms. The molecule has 0 aromatic heterocycles. The zero-order valence-corrected chi connectivity index (χ0v) is 12.2. The molecule has 8 heteroatoms. The van der Waals surface area contributed by atoms with E-state index in [0.29, 0.717) is 6.42 Å². The summed E-state index contributed by atoms with van der Waals surface area (Å²) in [6.07, 6.45) is -4.50. The number of carbonyl (C=O) groups is 2. The summed E-state index contributed by atoms with van der Waals surface area (Å²) in [6, 6.07) is 9.47. The number of carboxylic acid groups (broad SMARTS) is 1. The third-order valence-corrected chi connectivity index (χ3v) is 2.31. The minimum atomic E-state index is -5.08. The first-order valence-corrected chi connectivity index (χ1v) is 6.44. The Morgan fingerprint density at radius 1 is 1.23 bits per heavy atom. The molecule has 0 saturated carbocycles. The number of carbonyl (C=O) groups excluding carboxylic acids is 1. The van der Waals surface area contributed by atoms with Gasteiger partial charge in [-0.1, -0.05) is 30.3 Å². The van der Waals surface area contributed by atoms with Gasteiger partial charge in [-0.15, -0.1) is 0 Å². The van der Waals surface area contributed by atoms with Gasteiger partial charge in [0.25, 0.3) is 0 Å². The first-order chi connectivity index (χ1) is 10.0. The standard InChI is InChI=1S/C12H18N2O.C2HF3O2/c1-9(2)14-12(15)11(13)8-10-6-4-3-5-7-10;3-2(4,5)1(6)7/h3-7,9,11H,8,13H2,1-2H3,(H,14,15);(H,6,7). The number of benzene rings is 1. The Hall–Kier alpha value is -2.09. The topological polar surface area (TPSA) is 92.4 Å². The molecule has 1 aromatic carbocycles. The molecule has 0 radical (unpaired) electrons. The number of alkyl halides is 3. The number of rotatable bonds is 4. The van der Waals surface area contributed by atoms with E-state index in [9.17, 15) is 18.0 Å². The largest absolute Gasteiger partial charge is 0.490 e. The zero-order chi connectivity index (χ0) is 17.3. The van der Waals surface area contributed by atoms with Gasteiger partial charge >= 0.3 is 12.1 Å². The van der Waals surface area contributed by atoms with Crippen LogP contribution in [0, 0.1) is 0 Å². The zero-order valence-electron chi connectivity index (χ0n) is 12.2. The average Bonchev–Trinajstić information content (AvgIpc) is 2.38. The van der Waals surface area contributed by atoms with E-state index in [-0.39, 0.29) is 11.9 Å². The predicted octanol–water partition coefficient (Wildman–Crippen LogP) is 1.71. The highest BCUT2D eigenvalue weighted by molar-refractivity contribution is 5.82. The van der Waals surface area contributed by atoms with Crippen molar-refractivity contribution in [3.05, 3.63) is 35.9 Å². The van der Waals surface area contributed by atoms with Crippen LogP contribution in [0.2, 0.25) is 0 Å². The molecule has 0 aliphatic heterocycles. The number of hydrogen-bond acceptors (Lipinski definition) is 3. The molecule has 1 unspecified atom stereocenters. The minimum Gasteiger partial charge on any atom is -0.475 e. The van der Waals surface area contributed by atoms with Crippen LogP contribution >= 0.6 is 0 Å². The SMILES string of the molecule is CC(C)NC(=O)C(N)Cc1ccccc1.O=C(O)C(F)(F)F. The summed E-state index contributed by atoms with van der Waals surface area (Å²) in [6.45, 7) is 3.85. The fraction of sp³-hybridized carbons (Fsp3) is 0.429. The van der Waals surface area contributed by atoms with E-state index in [1.165, 1.54) is 0 Å². The summed E-state index contributed by atoms with van der Waals surface area (Å²) in [5, 5.41) is 9.92. The van der Waals surface area contributed by atoms with E-state index >= 15 is 0 Å². The Kier molecular flexibility index (Phi) is 8.18. The number of nitrogens with one attached hydrogen (secondary N) is 1. The highest BCUT2D eigenvalue weighted by Crippen LogP contribution is 2.13. The molecule has 0 fully saturated rings. The number of nitrogens with two attached hydrogens (primary N) is 1. The van der Waals surface area contributed by atoms with Gasteiger partial charge < -0.3 is 16.2 Å². The van der Waals surface area contributed by atoms with E-state index in [2.05, 4.69) is 5.32 Å². The lowest BCUT2D eigenvalue weighted by molar-refractivity contribution is -0.192. The Balaban J connectivity index is 0.000000534. The number of halogens is 3. The molecule has 0 aliphatic rings. The molecule has 1 aromatic rings. The van der Waals surface area contributed by atoms with Crippen LogP contribution in [0.1, 0.15) is 19.4 Å². The first kappa shape index (κ1) is 19.9. The first-order valence-electron chi connectivity index (χ1n) is 6.44. The minimum absolute atomic E-state index is 0.0890. The van der Waals surface area contributed by atoms with Crippen LogP contribution in [-0.2, 0) is 16.0 Å². The Morgan fingerprint density at radius 3 is 2.05 bits per heavy atom. The van der Waals surface area contributed by atoms with E-state index < -0.39 is 18.2 Å². The number of amides is 1. The van der Waals surface area contributed by atoms with Crippen molar-refractivity contribution in [2.24, 2.45) is 5.73 Å². The number of hydrogen-bond donors (Lipinski definition) is 3. The van der Waals surface area contributed by atoms with Gasteiger partial charge in [0, 0.05) is 6.04 Å². The highest BCUT2D eigenvalue weighted by atomic mass is 19.4. The monoisotopic (exact) mass is 320 g/mol. The molecule has 5 nitrogen and oxygen atoms in total. The fourth-order valence-corrected chi connectivity index (χ4v) is 1.35. The summed E-state index contributed by atoms with van der Waals surface area (Å²) >= 11 is 0. The fourth-order valence-electron chi connectivity index (χ4n) is 1.35. The molecule has 124 valence electrons. The van der Waals surface area contributed by atoms with Crippen LogP contribution in [0.4, 0.5) is 13.2 Å². The highest BCUT2D eigenvalue weighted by Gasteiger charge is 2.38. The quantitative estimate of drug-likeness (QED) is 0.787. The van der Waals surface area contributed by atoms with E-state index in [1.807, 2.05) is 44.2 Å². The van der Waals surface area contributed by atoms with Crippen LogP contribution in [0.5, 0.6) is 0 Å². The summed E-state index contributed by atoms with van der Waals surface area (Å²) in [5.41, 5.74) is 6.87. The molecule has 1 rings (SSSR count). The summed E-state index contributed by atoms with van der Waals surface area (Å²) in [4.78, 5) is 20.4. The van der Waals surface area contributed by atoms with E-state index in [1.54, 1.807) is 0 Å². The summed E-state index contributed by atoms with van der Waals surface area (Å²) in [5.74, 6) is -2.85. The Bertz CT molecular complexity index is 476. The molecule has 1 atom stereocenters. The maximum absolute atomic E-state index is 11.5. The molecule has 0 saturated heterocycles. The van der Waals surface area contributed by atoms with Gasteiger partial charge in [-0.05, 0) is 25.8 Å². The van der Waals surface area contributed by atoms with Crippen molar-refractivity contribution >= 4 is 11.9 Å². The molecular weight excluding hydrogens is 301 g/mol. The van der Waals surface area contributed by atoms with E-state index in [4.69, 9.17) is 15.6 Å². The van der Waals surface area contributed by atoms with Gasteiger partial charge in [0.2, 0.25) is 5.91 Å². The van der Waals surface area contributed by atoms with Crippen LogP contribution in [-0.4, -0.2) is 35.2 Å². The lowest BCUT2D eigenvalue weighted by Crippen LogP contribution is -2.44. The maximum atomic E-state index is 11.5. The van der Waals surface area contributed by atoms with Crippen molar-refractivity contribution < 1.29 is 27.9 Å². The smallest absolute Gasteiger partial charge is 0.475 e. The molecular formula is C14H19F3N2O3. The van der Waals surface area contributed by atoms with Gasteiger partial charge in [-0.25, -0.2) is 4.79 Å². The molecule has 0 aliphatic carbocycles. The van der Waals surface area contributed by atoms with Gasteiger partial charge in [-0.2, -0.15) is 13.2 Å². The second-order valence-electron chi connectivity index (χ2n) is 4.76. The maximum Gasteiger partial charge on any atom is 0.490 e. The number of carboxylic acids is 1. The third kappa shape index (κ3) is 8.96. The van der Waals surface area contributed by atoms with Crippen LogP contribution in [0.15, 0.2) is 30.3 Å².